The second-order valence-corrected chi connectivity index (χ2v) is 6.82. The van der Waals surface area contributed by atoms with Crippen LogP contribution in [-0.2, 0) is 4.79 Å². The minimum absolute atomic E-state index is 0.00494. The highest BCUT2D eigenvalue weighted by atomic mass is 35.5. The van der Waals surface area contributed by atoms with Crippen molar-refractivity contribution in [3.8, 4) is 11.5 Å². The minimum Gasteiger partial charge on any atom is -0.436 e. The zero-order valence-corrected chi connectivity index (χ0v) is 16.2. The molecule has 1 amide bonds. The van der Waals surface area contributed by atoms with Gasteiger partial charge in [0, 0.05) is 34.5 Å². The van der Waals surface area contributed by atoms with E-state index in [-0.39, 0.29) is 11.6 Å². The van der Waals surface area contributed by atoms with Crippen molar-refractivity contribution in [1.82, 2.24) is 4.98 Å². The smallest absolute Gasteiger partial charge is 0.269 e. The molecule has 0 radical (unpaired) electrons. The first-order chi connectivity index (χ1) is 14.5. The topological polar surface area (TPSA) is 98.3 Å². The highest BCUT2D eigenvalue weighted by molar-refractivity contribution is 6.30. The summed E-state index contributed by atoms with van der Waals surface area (Å²) in [7, 11) is 0. The molecule has 0 spiro atoms. The van der Waals surface area contributed by atoms with Crippen molar-refractivity contribution in [1.29, 1.82) is 0 Å². The third-order valence-corrected chi connectivity index (χ3v) is 4.49. The second kappa shape index (κ2) is 8.18. The third-order valence-electron chi connectivity index (χ3n) is 4.26. The van der Waals surface area contributed by atoms with Gasteiger partial charge in [-0.25, -0.2) is 4.98 Å². The molecule has 0 saturated heterocycles. The van der Waals surface area contributed by atoms with Crippen LogP contribution in [0, 0.1) is 10.1 Å². The van der Waals surface area contributed by atoms with E-state index in [4.69, 9.17) is 16.0 Å². The summed E-state index contributed by atoms with van der Waals surface area (Å²) in [6.45, 7) is 0. The van der Waals surface area contributed by atoms with Gasteiger partial charge in [-0.1, -0.05) is 17.7 Å². The molecular weight excluding hydrogens is 406 g/mol. The van der Waals surface area contributed by atoms with E-state index in [2.05, 4.69) is 10.3 Å². The van der Waals surface area contributed by atoms with Gasteiger partial charge in [0.05, 0.1) is 4.92 Å². The third kappa shape index (κ3) is 4.37. The first-order valence-corrected chi connectivity index (χ1v) is 9.26. The van der Waals surface area contributed by atoms with Crippen LogP contribution in [0.5, 0.6) is 0 Å². The van der Waals surface area contributed by atoms with Gasteiger partial charge in [-0.05, 0) is 60.2 Å². The number of nitrogens with zero attached hydrogens (tertiary/aromatic N) is 2. The number of hydrogen-bond acceptors (Lipinski definition) is 5. The normalized spacial score (nSPS) is 11.1. The molecule has 0 saturated carbocycles. The number of non-ortho nitro benzene ring substituents is 1. The average molecular weight is 420 g/mol. The first kappa shape index (κ1) is 19.4. The zero-order valence-electron chi connectivity index (χ0n) is 15.4. The molecular formula is C22H14ClN3O4. The molecule has 1 heterocycles. The Morgan fingerprint density at radius 1 is 1.10 bits per heavy atom. The van der Waals surface area contributed by atoms with Crippen molar-refractivity contribution < 1.29 is 14.1 Å². The second-order valence-electron chi connectivity index (χ2n) is 6.38. The summed E-state index contributed by atoms with van der Waals surface area (Å²) >= 11 is 6.02. The lowest BCUT2D eigenvalue weighted by Gasteiger charge is -2.01. The van der Waals surface area contributed by atoms with Crippen molar-refractivity contribution in [2.45, 2.75) is 0 Å². The van der Waals surface area contributed by atoms with E-state index in [1.165, 1.54) is 18.2 Å². The number of nitrogens with one attached hydrogen (secondary N) is 1. The van der Waals surface area contributed by atoms with Crippen LogP contribution in [0.15, 0.2) is 77.2 Å². The standard InChI is InChI=1S/C22H14ClN3O4/c23-16-3-1-2-15(12-16)22-25-19-13-17(7-10-20(19)30-22)24-21(27)11-6-14-4-8-18(9-5-14)26(28)29/h1-13H,(H,24,27)/b11-6+. The minimum atomic E-state index is -0.474. The number of fused-ring (bicyclic) bond motifs is 1. The maximum absolute atomic E-state index is 12.2. The highest BCUT2D eigenvalue weighted by Gasteiger charge is 2.10. The quantitative estimate of drug-likeness (QED) is 0.254. The monoisotopic (exact) mass is 419 g/mol. The Labute approximate surface area is 175 Å². The van der Waals surface area contributed by atoms with Gasteiger partial charge in [-0.2, -0.15) is 0 Å². The Bertz CT molecular complexity index is 1280. The number of oxazole rings is 1. The maximum atomic E-state index is 12.2. The lowest BCUT2D eigenvalue weighted by Crippen LogP contribution is -2.07. The number of carbonyl (C=O) groups is 1. The SMILES string of the molecule is O=C(/C=C/c1ccc([N+](=O)[O-])cc1)Nc1ccc2oc(-c3cccc(Cl)c3)nc2c1. The lowest BCUT2D eigenvalue weighted by atomic mass is 10.2. The largest absolute Gasteiger partial charge is 0.436 e. The van der Waals surface area contributed by atoms with Gasteiger partial charge in [0.1, 0.15) is 5.52 Å². The van der Waals surface area contributed by atoms with Gasteiger partial charge in [0.25, 0.3) is 5.69 Å². The molecule has 0 aliphatic carbocycles. The van der Waals surface area contributed by atoms with E-state index in [1.807, 2.05) is 12.1 Å². The van der Waals surface area contributed by atoms with Crippen LogP contribution in [0.1, 0.15) is 5.56 Å². The summed E-state index contributed by atoms with van der Waals surface area (Å²) in [6, 6.07) is 18.3. The Morgan fingerprint density at radius 3 is 2.63 bits per heavy atom. The number of rotatable bonds is 5. The number of benzene rings is 3. The lowest BCUT2D eigenvalue weighted by molar-refractivity contribution is -0.384. The van der Waals surface area contributed by atoms with Crippen molar-refractivity contribution in [3.63, 3.8) is 0 Å². The number of hydrogen-bond donors (Lipinski definition) is 1. The summed E-state index contributed by atoms with van der Waals surface area (Å²) in [5, 5.41) is 14.0. The number of amides is 1. The molecule has 0 atom stereocenters. The predicted molar refractivity (Wildman–Crippen MR) is 115 cm³/mol. The molecule has 8 heteroatoms. The van der Waals surface area contributed by atoms with Crippen molar-refractivity contribution >= 4 is 46.1 Å². The molecule has 0 fully saturated rings. The van der Waals surface area contributed by atoms with Gasteiger partial charge >= 0.3 is 0 Å². The summed E-state index contributed by atoms with van der Waals surface area (Å²) in [6.07, 6.45) is 2.93. The molecule has 3 aromatic carbocycles. The van der Waals surface area contributed by atoms with Gasteiger partial charge in [-0.3, -0.25) is 14.9 Å². The van der Waals surface area contributed by atoms with Gasteiger partial charge < -0.3 is 9.73 Å². The van der Waals surface area contributed by atoms with Gasteiger partial charge in [0.2, 0.25) is 11.8 Å². The highest BCUT2D eigenvalue weighted by Crippen LogP contribution is 2.27. The Kier molecular flexibility index (Phi) is 5.28. The zero-order chi connectivity index (χ0) is 21.1. The summed E-state index contributed by atoms with van der Waals surface area (Å²) in [5.74, 6) is 0.0975. The number of anilines is 1. The molecule has 4 aromatic rings. The molecule has 7 nitrogen and oxygen atoms in total. The molecule has 0 aliphatic rings. The number of nitro groups is 1. The molecule has 4 rings (SSSR count). The van der Waals surface area contributed by atoms with Crippen LogP contribution in [0.3, 0.4) is 0 Å². The van der Waals surface area contributed by atoms with Crippen LogP contribution in [0.4, 0.5) is 11.4 Å². The first-order valence-electron chi connectivity index (χ1n) is 8.88. The van der Waals surface area contributed by atoms with E-state index in [0.29, 0.717) is 33.3 Å². The van der Waals surface area contributed by atoms with E-state index < -0.39 is 4.92 Å². The van der Waals surface area contributed by atoms with Gasteiger partial charge in [-0.15, -0.1) is 0 Å². The number of carbonyl (C=O) groups excluding carboxylic acids is 1. The van der Waals surface area contributed by atoms with E-state index in [9.17, 15) is 14.9 Å². The fraction of sp³-hybridized carbons (Fsp3) is 0. The Morgan fingerprint density at radius 2 is 1.90 bits per heavy atom. The Balaban J connectivity index is 1.48. The van der Waals surface area contributed by atoms with Crippen LogP contribution >= 0.6 is 11.6 Å². The molecule has 30 heavy (non-hydrogen) atoms. The number of halogens is 1. The molecule has 0 aliphatic heterocycles. The van der Waals surface area contributed by atoms with Crippen LogP contribution in [0.2, 0.25) is 5.02 Å². The molecule has 1 aromatic heterocycles. The average Bonchev–Trinajstić information content (AvgIpc) is 3.16. The summed E-state index contributed by atoms with van der Waals surface area (Å²) < 4.78 is 5.76. The molecule has 1 N–H and O–H groups in total. The molecule has 148 valence electrons. The van der Waals surface area contributed by atoms with Crippen molar-refractivity contribution in [2.75, 3.05) is 5.32 Å². The fourth-order valence-corrected chi connectivity index (χ4v) is 3.00. The Hall–Kier alpha value is -3.97. The van der Waals surface area contributed by atoms with Crippen LogP contribution in [0.25, 0.3) is 28.6 Å². The van der Waals surface area contributed by atoms with Crippen LogP contribution in [-0.4, -0.2) is 15.8 Å². The van der Waals surface area contributed by atoms with Crippen molar-refractivity contribution in [3.05, 3.63) is 93.5 Å². The van der Waals surface area contributed by atoms with E-state index >= 15 is 0 Å². The van der Waals surface area contributed by atoms with Gasteiger partial charge in [0.15, 0.2) is 5.58 Å². The predicted octanol–water partition coefficient (Wildman–Crippen LogP) is 5.71. The van der Waals surface area contributed by atoms with E-state index in [1.54, 1.807) is 48.5 Å². The summed E-state index contributed by atoms with van der Waals surface area (Å²) in [4.78, 5) is 26.9. The van der Waals surface area contributed by atoms with Crippen LogP contribution < -0.4 is 5.32 Å². The molecule has 0 bridgehead atoms. The molecule has 0 unspecified atom stereocenters. The number of nitro benzene ring substituents is 1. The van der Waals surface area contributed by atoms with E-state index in [0.717, 1.165) is 5.56 Å². The fourth-order valence-electron chi connectivity index (χ4n) is 2.81. The summed E-state index contributed by atoms with van der Waals surface area (Å²) in [5.41, 5.74) is 3.18. The number of aromatic nitrogens is 1. The van der Waals surface area contributed by atoms with Crippen molar-refractivity contribution in [2.24, 2.45) is 0 Å². The maximum Gasteiger partial charge on any atom is 0.269 e.